The Morgan fingerprint density at radius 3 is 2.55 bits per heavy atom. The standard InChI is InChI=1S/C23H26ClFN4O2/c1-4-19(23(30-5-2)31-6-3)28-29-21-14-26-22(16-9-7-8-10-18(16)24)17-13-15(25)11-12-20(17)27-21/h7-13,23H,4-6,14H2,1-3H3,(H,27,29). The van der Waals surface area contributed by atoms with Crippen LogP contribution in [-0.4, -0.2) is 43.3 Å². The van der Waals surface area contributed by atoms with Crippen LogP contribution in [0.25, 0.3) is 0 Å². The van der Waals surface area contributed by atoms with Crippen molar-refractivity contribution in [2.75, 3.05) is 19.8 Å². The van der Waals surface area contributed by atoms with Crippen LogP contribution in [0, 0.1) is 5.82 Å². The lowest BCUT2D eigenvalue weighted by Gasteiger charge is -2.18. The molecule has 0 aromatic heterocycles. The van der Waals surface area contributed by atoms with Gasteiger partial charge in [-0.2, -0.15) is 5.10 Å². The highest BCUT2D eigenvalue weighted by Gasteiger charge is 2.20. The van der Waals surface area contributed by atoms with E-state index in [1.165, 1.54) is 12.1 Å². The number of fused-ring (bicyclic) bond motifs is 1. The Balaban J connectivity index is 1.95. The van der Waals surface area contributed by atoms with E-state index in [0.717, 1.165) is 5.56 Å². The summed E-state index contributed by atoms with van der Waals surface area (Å²) in [5.41, 5.74) is 6.17. The summed E-state index contributed by atoms with van der Waals surface area (Å²) < 4.78 is 25.3. The average Bonchev–Trinajstić information content (AvgIpc) is 2.94. The molecule has 0 bridgehead atoms. The second kappa shape index (κ2) is 11.1. The van der Waals surface area contributed by atoms with Crippen molar-refractivity contribution in [3.05, 3.63) is 64.4 Å². The number of halogens is 2. The van der Waals surface area contributed by atoms with E-state index < -0.39 is 6.29 Å². The number of amidine groups is 1. The molecule has 8 heteroatoms. The molecule has 0 fully saturated rings. The van der Waals surface area contributed by atoms with Crippen molar-refractivity contribution in [1.29, 1.82) is 0 Å². The summed E-state index contributed by atoms with van der Waals surface area (Å²) in [7, 11) is 0. The largest absolute Gasteiger partial charge is 0.348 e. The van der Waals surface area contributed by atoms with Crippen molar-refractivity contribution < 1.29 is 13.9 Å². The fourth-order valence-electron chi connectivity index (χ4n) is 3.14. The number of hydrogen-bond acceptors (Lipinski definition) is 6. The molecule has 3 rings (SSSR count). The van der Waals surface area contributed by atoms with E-state index in [-0.39, 0.29) is 12.4 Å². The molecule has 0 amide bonds. The Bertz CT molecular complexity index is 1000. The minimum Gasteiger partial charge on any atom is -0.348 e. The van der Waals surface area contributed by atoms with Gasteiger partial charge in [0.15, 0.2) is 6.29 Å². The second-order valence-corrected chi connectivity index (χ2v) is 7.08. The summed E-state index contributed by atoms with van der Waals surface area (Å²) in [5.74, 6) is 0.153. The normalized spacial score (nSPS) is 14.1. The fraction of sp³-hybridized carbons (Fsp3) is 0.348. The summed E-state index contributed by atoms with van der Waals surface area (Å²) >= 11 is 6.39. The van der Waals surface area contributed by atoms with Crippen LogP contribution in [-0.2, 0) is 9.47 Å². The van der Waals surface area contributed by atoms with Gasteiger partial charge in [0.25, 0.3) is 0 Å². The average molecular weight is 445 g/mol. The van der Waals surface area contributed by atoms with Crippen molar-refractivity contribution in [2.45, 2.75) is 33.5 Å². The zero-order valence-electron chi connectivity index (χ0n) is 17.9. The van der Waals surface area contributed by atoms with Crippen molar-refractivity contribution in [3.63, 3.8) is 0 Å². The number of nitrogens with one attached hydrogen (secondary N) is 1. The number of hydrogen-bond donors (Lipinski definition) is 1. The summed E-state index contributed by atoms with van der Waals surface area (Å²) in [6, 6.07) is 11.8. The third-order valence-corrected chi connectivity index (χ3v) is 4.91. The van der Waals surface area contributed by atoms with Crippen LogP contribution < -0.4 is 5.43 Å². The third kappa shape index (κ3) is 5.76. The number of ether oxygens (including phenoxy) is 2. The zero-order chi connectivity index (χ0) is 22.2. The van der Waals surface area contributed by atoms with E-state index >= 15 is 0 Å². The highest BCUT2D eigenvalue weighted by atomic mass is 35.5. The van der Waals surface area contributed by atoms with Gasteiger partial charge in [0.2, 0.25) is 0 Å². The lowest BCUT2D eigenvalue weighted by molar-refractivity contribution is -0.0911. The number of benzene rings is 2. The first kappa shape index (κ1) is 23.1. The molecule has 1 aliphatic heterocycles. The summed E-state index contributed by atoms with van der Waals surface area (Å²) in [5, 5.41) is 5.00. The minimum absolute atomic E-state index is 0.227. The Hall–Kier alpha value is -2.61. The van der Waals surface area contributed by atoms with Gasteiger partial charge >= 0.3 is 0 Å². The lowest BCUT2D eigenvalue weighted by atomic mass is 10.0. The molecule has 1 heterocycles. The molecule has 0 unspecified atom stereocenters. The van der Waals surface area contributed by atoms with Crippen LogP contribution in [0.15, 0.2) is 57.6 Å². The first-order chi connectivity index (χ1) is 15.1. The minimum atomic E-state index is -0.526. The Morgan fingerprint density at radius 2 is 1.87 bits per heavy atom. The molecule has 0 saturated heterocycles. The molecule has 0 saturated carbocycles. The maximum atomic E-state index is 14.0. The number of rotatable bonds is 8. The van der Waals surface area contributed by atoms with E-state index in [2.05, 4.69) is 20.5 Å². The van der Waals surface area contributed by atoms with Gasteiger partial charge in [0.05, 0.1) is 23.7 Å². The Labute approximate surface area is 186 Å². The molecule has 31 heavy (non-hydrogen) atoms. The molecule has 0 spiro atoms. The van der Waals surface area contributed by atoms with Gasteiger partial charge in [-0.3, -0.25) is 10.4 Å². The monoisotopic (exact) mass is 444 g/mol. The zero-order valence-corrected chi connectivity index (χ0v) is 18.6. The topological polar surface area (TPSA) is 67.6 Å². The van der Waals surface area contributed by atoms with Crippen molar-refractivity contribution in [2.24, 2.45) is 15.1 Å². The van der Waals surface area contributed by atoms with E-state index in [0.29, 0.717) is 53.2 Å². The number of aliphatic imine (C=N–C) groups is 2. The van der Waals surface area contributed by atoms with Gasteiger partial charge in [-0.1, -0.05) is 36.7 Å². The smallest absolute Gasteiger partial charge is 0.198 e. The quantitative estimate of drug-likeness (QED) is 0.349. The highest BCUT2D eigenvalue weighted by molar-refractivity contribution is 6.36. The van der Waals surface area contributed by atoms with Crippen LogP contribution in [0.3, 0.4) is 0 Å². The van der Waals surface area contributed by atoms with Crippen LogP contribution in [0.1, 0.15) is 38.3 Å². The summed E-state index contributed by atoms with van der Waals surface area (Å²) in [4.78, 5) is 9.32. The van der Waals surface area contributed by atoms with Gasteiger partial charge in [-0.25, -0.2) is 9.38 Å². The van der Waals surface area contributed by atoms with Crippen LogP contribution in [0.4, 0.5) is 10.1 Å². The Morgan fingerprint density at radius 1 is 1.13 bits per heavy atom. The molecule has 1 N–H and O–H groups in total. The third-order valence-electron chi connectivity index (χ3n) is 4.58. The first-order valence-corrected chi connectivity index (χ1v) is 10.7. The molecule has 1 aliphatic rings. The molecule has 164 valence electrons. The molecule has 6 nitrogen and oxygen atoms in total. The van der Waals surface area contributed by atoms with E-state index in [4.69, 9.17) is 21.1 Å². The maximum absolute atomic E-state index is 14.0. The van der Waals surface area contributed by atoms with E-state index in [1.54, 1.807) is 12.1 Å². The molecular weight excluding hydrogens is 419 g/mol. The van der Waals surface area contributed by atoms with Gasteiger partial charge in [0.1, 0.15) is 11.7 Å². The van der Waals surface area contributed by atoms with Crippen LogP contribution in [0.5, 0.6) is 0 Å². The van der Waals surface area contributed by atoms with E-state index in [9.17, 15) is 4.39 Å². The van der Waals surface area contributed by atoms with Gasteiger partial charge in [-0.15, -0.1) is 0 Å². The predicted molar refractivity (Wildman–Crippen MR) is 123 cm³/mol. The number of nitrogens with zero attached hydrogens (tertiary/aromatic N) is 3. The van der Waals surface area contributed by atoms with E-state index in [1.807, 2.05) is 39.0 Å². The van der Waals surface area contributed by atoms with Gasteiger partial charge < -0.3 is 9.47 Å². The van der Waals surface area contributed by atoms with Gasteiger partial charge in [-0.05, 0) is 44.5 Å². The Kier molecular flexibility index (Phi) is 8.28. The molecule has 0 aliphatic carbocycles. The summed E-state index contributed by atoms with van der Waals surface area (Å²) in [6.45, 7) is 7.04. The molecule has 0 radical (unpaired) electrons. The predicted octanol–water partition coefficient (Wildman–Crippen LogP) is 5.11. The SMILES string of the molecule is CCOC(OCC)C(CC)=NNC1=Nc2ccc(F)cc2C(c2ccccc2Cl)=NC1. The second-order valence-electron chi connectivity index (χ2n) is 6.68. The van der Waals surface area contributed by atoms with Crippen molar-refractivity contribution in [3.8, 4) is 0 Å². The highest BCUT2D eigenvalue weighted by Crippen LogP contribution is 2.28. The lowest BCUT2D eigenvalue weighted by Crippen LogP contribution is -2.31. The molecule has 2 aromatic rings. The van der Waals surface area contributed by atoms with Crippen LogP contribution in [0.2, 0.25) is 5.02 Å². The fourth-order valence-corrected chi connectivity index (χ4v) is 3.36. The van der Waals surface area contributed by atoms with Crippen molar-refractivity contribution >= 4 is 34.5 Å². The van der Waals surface area contributed by atoms with Crippen molar-refractivity contribution in [1.82, 2.24) is 5.43 Å². The molecule has 2 aromatic carbocycles. The van der Waals surface area contributed by atoms with Crippen LogP contribution >= 0.6 is 11.6 Å². The number of hydrazone groups is 1. The first-order valence-electron chi connectivity index (χ1n) is 10.3. The molecule has 0 atom stereocenters. The molecular formula is C23H26ClFN4O2. The van der Waals surface area contributed by atoms with Gasteiger partial charge in [0, 0.05) is 29.4 Å². The summed E-state index contributed by atoms with van der Waals surface area (Å²) in [6.07, 6.45) is 0.114. The maximum Gasteiger partial charge on any atom is 0.198 e.